The molecule has 0 spiro atoms. The third kappa shape index (κ3) is 87.4. The van der Waals surface area contributed by atoms with Crippen molar-refractivity contribution in [2.24, 2.45) is 0 Å². The van der Waals surface area contributed by atoms with E-state index in [1.165, 1.54) is 437 Å². The van der Waals surface area contributed by atoms with Gasteiger partial charge >= 0.3 is 19.8 Å². The number of carbonyl (C=O) groups excluding carboxylic acids is 2. The maximum atomic E-state index is 13.0. The summed E-state index contributed by atoms with van der Waals surface area (Å²) in [6.07, 6.45) is 110. The lowest BCUT2D eigenvalue weighted by atomic mass is 10.0. The van der Waals surface area contributed by atoms with Crippen molar-refractivity contribution in [3.8, 4) is 0 Å². The highest BCUT2D eigenvalue weighted by Crippen LogP contribution is 2.43. The SMILES string of the molecule is CCCCCCCCCC/C=C\CCCCCCCCCCCCCCCCCCCCCCCCCCCCCCCC(=O)OC(COC(=O)CCCCCCCCCCCCCCCCCCCCCCCCCCC/C=C\CCCCCCCCCC)COP(=O)(O)OCC[N+](C)(C)C. The molecule has 0 aromatic rings. The number of carbonyl (C=O) groups is 2. The van der Waals surface area contributed by atoms with E-state index in [1.54, 1.807) is 0 Å². The van der Waals surface area contributed by atoms with Crippen LogP contribution in [0, 0.1) is 0 Å². The van der Waals surface area contributed by atoms with E-state index in [1.807, 2.05) is 21.1 Å². The van der Waals surface area contributed by atoms with E-state index in [4.69, 9.17) is 18.5 Å². The summed E-state index contributed by atoms with van der Waals surface area (Å²) in [4.78, 5) is 36.1. The van der Waals surface area contributed by atoms with Crippen LogP contribution in [0.15, 0.2) is 24.3 Å². The second-order valence-corrected chi connectivity index (χ2v) is 34.5. The van der Waals surface area contributed by atoms with Crippen molar-refractivity contribution in [3.05, 3.63) is 24.3 Å². The predicted molar refractivity (Wildman–Crippen MR) is 446 cm³/mol. The molecule has 0 aliphatic heterocycles. The molecular formula is C92H181NO8P+. The van der Waals surface area contributed by atoms with Crippen LogP contribution in [0.25, 0.3) is 0 Å². The molecule has 0 aliphatic carbocycles. The number of allylic oxidation sites excluding steroid dienone is 4. The van der Waals surface area contributed by atoms with Gasteiger partial charge in [0.25, 0.3) is 0 Å². The van der Waals surface area contributed by atoms with E-state index >= 15 is 0 Å². The van der Waals surface area contributed by atoms with Crippen LogP contribution in [-0.4, -0.2) is 74.9 Å². The number of hydrogen-bond donors (Lipinski definition) is 1. The first-order chi connectivity index (χ1) is 50.0. The third-order valence-corrected chi connectivity index (χ3v) is 22.4. The highest BCUT2D eigenvalue weighted by atomic mass is 31.2. The Morgan fingerprint density at radius 2 is 0.500 bits per heavy atom. The maximum Gasteiger partial charge on any atom is 0.472 e. The van der Waals surface area contributed by atoms with Gasteiger partial charge in [-0.3, -0.25) is 18.6 Å². The molecule has 9 nitrogen and oxygen atoms in total. The van der Waals surface area contributed by atoms with Gasteiger partial charge in [0.15, 0.2) is 6.10 Å². The lowest BCUT2D eigenvalue weighted by Crippen LogP contribution is -2.37. The Morgan fingerprint density at radius 1 is 0.294 bits per heavy atom. The number of phosphoric acid groups is 1. The van der Waals surface area contributed by atoms with Crippen LogP contribution in [0.5, 0.6) is 0 Å². The van der Waals surface area contributed by atoms with Crippen molar-refractivity contribution < 1.29 is 42.1 Å². The van der Waals surface area contributed by atoms with Crippen LogP contribution in [0.1, 0.15) is 502 Å². The number of esters is 2. The molecule has 0 saturated heterocycles. The molecule has 0 rings (SSSR count). The zero-order valence-corrected chi connectivity index (χ0v) is 70.5. The van der Waals surface area contributed by atoms with Gasteiger partial charge in [-0.25, -0.2) is 4.57 Å². The fraction of sp³-hybridized carbons (Fsp3) is 0.935. The second kappa shape index (κ2) is 83.5. The van der Waals surface area contributed by atoms with E-state index in [0.717, 1.165) is 38.5 Å². The Hall–Kier alpha value is -1.51. The van der Waals surface area contributed by atoms with Crippen molar-refractivity contribution in [1.82, 2.24) is 0 Å². The lowest BCUT2D eigenvalue weighted by molar-refractivity contribution is -0.870. The van der Waals surface area contributed by atoms with Gasteiger partial charge in [-0.1, -0.05) is 449 Å². The molecular weight excluding hydrogens is 1280 g/mol. The van der Waals surface area contributed by atoms with Crippen LogP contribution >= 0.6 is 7.82 Å². The van der Waals surface area contributed by atoms with Crippen LogP contribution in [0.2, 0.25) is 0 Å². The Labute approximate surface area is 638 Å². The van der Waals surface area contributed by atoms with E-state index in [0.29, 0.717) is 17.4 Å². The van der Waals surface area contributed by atoms with Crippen LogP contribution in [-0.2, 0) is 32.7 Å². The average Bonchev–Trinajstić information content (AvgIpc) is 0.916. The van der Waals surface area contributed by atoms with E-state index in [9.17, 15) is 19.0 Å². The number of quaternary nitrogens is 1. The number of ether oxygens (including phenoxy) is 2. The minimum atomic E-state index is -4.39. The first-order valence-corrected chi connectivity index (χ1v) is 47.6. The highest BCUT2D eigenvalue weighted by molar-refractivity contribution is 7.47. The topological polar surface area (TPSA) is 108 Å². The number of likely N-dealkylation sites (N-methyl/N-ethyl adjacent to an activating group) is 1. The summed E-state index contributed by atoms with van der Waals surface area (Å²) in [5.41, 5.74) is 0. The molecule has 0 aromatic carbocycles. The quantitative estimate of drug-likeness (QED) is 0.0211. The molecule has 0 saturated carbocycles. The molecule has 0 radical (unpaired) electrons. The summed E-state index contributed by atoms with van der Waals surface area (Å²) >= 11 is 0. The molecule has 10 heteroatoms. The summed E-state index contributed by atoms with van der Waals surface area (Å²) in [6, 6.07) is 0. The molecule has 0 fully saturated rings. The van der Waals surface area contributed by atoms with Crippen LogP contribution in [0.3, 0.4) is 0 Å². The molecule has 606 valence electrons. The number of phosphoric ester groups is 1. The molecule has 2 atom stereocenters. The van der Waals surface area contributed by atoms with Crippen molar-refractivity contribution in [3.63, 3.8) is 0 Å². The smallest absolute Gasteiger partial charge is 0.462 e. The lowest BCUT2D eigenvalue weighted by Gasteiger charge is -2.24. The molecule has 0 heterocycles. The molecule has 2 unspecified atom stereocenters. The molecule has 0 amide bonds. The van der Waals surface area contributed by atoms with Crippen LogP contribution < -0.4 is 0 Å². The van der Waals surface area contributed by atoms with Gasteiger partial charge < -0.3 is 18.9 Å². The highest BCUT2D eigenvalue weighted by Gasteiger charge is 2.27. The fourth-order valence-electron chi connectivity index (χ4n) is 14.4. The van der Waals surface area contributed by atoms with Gasteiger partial charge in [0.05, 0.1) is 27.7 Å². The number of unbranched alkanes of at least 4 members (excludes halogenated alkanes) is 70. The van der Waals surface area contributed by atoms with Crippen molar-refractivity contribution in [1.29, 1.82) is 0 Å². The molecule has 0 aromatic heterocycles. The Bertz CT molecular complexity index is 1770. The maximum absolute atomic E-state index is 13.0. The summed E-state index contributed by atoms with van der Waals surface area (Å²) in [6.45, 7) is 4.53. The summed E-state index contributed by atoms with van der Waals surface area (Å²) in [5.74, 6) is -0.765. The third-order valence-electron chi connectivity index (χ3n) is 21.5. The second-order valence-electron chi connectivity index (χ2n) is 33.0. The van der Waals surface area contributed by atoms with E-state index < -0.39 is 26.5 Å². The molecule has 102 heavy (non-hydrogen) atoms. The van der Waals surface area contributed by atoms with Gasteiger partial charge in [0.1, 0.15) is 19.8 Å². The average molecular weight is 1460 g/mol. The van der Waals surface area contributed by atoms with Crippen molar-refractivity contribution >= 4 is 19.8 Å². The first-order valence-electron chi connectivity index (χ1n) is 46.1. The van der Waals surface area contributed by atoms with Crippen molar-refractivity contribution in [2.75, 3.05) is 47.5 Å². The van der Waals surface area contributed by atoms with Gasteiger partial charge in [-0.2, -0.15) is 0 Å². The van der Waals surface area contributed by atoms with Crippen molar-refractivity contribution in [2.45, 2.75) is 508 Å². The van der Waals surface area contributed by atoms with Gasteiger partial charge in [0.2, 0.25) is 0 Å². The minimum absolute atomic E-state index is 0.0367. The zero-order chi connectivity index (χ0) is 74.0. The monoisotopic (exact) mass is 1460 g/mol. The number of hydrogen-bond acceptors (Lipinski definition) is 7. The molecule has 1 N–H and O–H groups in total. The number of nitrogens with zero attached hydrogens (tertiary/aromatic N) is 1. The summed E-state index contributed by atoms with van der Waals surface area (Å²) in [7, 11) is 1.51. The predicted octanol–water partition coefficient (Wildman–Crippen LogP) is 31.1. The van der Waals surface area contributed by atoms with E-state index in [-0.39, 0.29) is 25.6 Å². The van der Waals surface area contributed by atoms with Gasteiger partial charge in [0, 0.05) is 12.8 Å². The zero-order valence-electron chi connectivity index (χ0n) is 69.7. The van der Waals surface area contributed by atoms with Gasteiger partial charge in [-0.05, 0) is 64.2 Å². The standard InChI is InChI=1S/C92H180NO8P/c1-6-8-10-12-14-16-18-20-22-24-26-28-30-32-34-36-38-40-42-44-45-46-47-49-51-53-55-57-59-61-63-65-67-69-71-73-75-77-79-81-83-85-92(95)101-90(89-100-102(96,97)99-87-86-93(3,4)5)88-98-91(94)84-82-80-78-76-74-72-70-68-66-64-62-60-58-56-54-52-50-48-43-41-39-37-35-33-31-29-27-25-23-21-19-17-15-13-11-9-7-2/h24-27,90H,6-23,28-89H2,1-5H3/p+1/b26-24-,27-25-. The fourth-order valence-corrected chi connectivity index (χ4v) is 15.2. The van der Waals surface area contributed by atoms with Crippen LogP contribution in [0.4, 0.5) is 0 Å². The Kier molecular flexibility index (Phi) is 82.3. The Balaban J connectivity index is 3.81. The molecule has 0 aliphatic rings. The Morgan fingerprint density at radius 3 is 0.725 bits per heavy atom. The minimum Gasteiger partial charge on any atom is -0.462 e. The normalized spacial score (nSPS) is 13.0. The number of rotatable bonds is 88. The van der Waals surface area contributed by atoms with E-state index in [2.05, 4.69) is 38.2 Å². The van der Waals surface area contributed by atoms with Gasteiger partial charge in [-0.15, -0.1) is 0 Å². The largest absolute Gasteiger partial charge is 0.472 e. The summed E-state index contributed by atoms with van der Waals surface area (Å²) < 4.78 is 34.9. The first kappa shape index (κ1) is 100. The molecule has 0 bridgehead atoms. The summed E-state index contributed by atoms with van der Waals surface area (Å²) in [5, 5.41) is 0.